The molecule has 0 unspecified atom stereocenters. The SMILES string of the molecule is BrC1=CCCC12OCCO2. The van der Waals surface area contributed by atoms with E-state index < -0.39 is 0 Å². The predicted molar refractivity (Wildman–Crippen MR) is 40.9 cm³/mol. The maximum atomic E-state index is 5.48. The summed E-state index contributed by atoms with van der Waals surface area (Å²) in [6, 6.07) is 0. The van der Waals surface area contributed by atoms with Gasteiger partial charge in [0.15, 0.2) is 0 Å². The van der Waals surface area contributed by atoms with E-state index in [1.807, 2.05) is 0 Å². The zero-order valence-electron chi connectivity index (χ0n) is 5.60. The highest BCUT2D eigenvalue weighted by Gasteiger charge is 2.41. The number of hydrogen-bond donors (Lipinski definition) is 0. The van der Waals surface area contributed by atoms with Gasteiger partial charge >= 0.3 is 0 Å². The molecule has 0 atom stereocenters. The van der Waals surface area contributed by atoms with Crippen molar-refractivity contribution < 1.29 is 9.47 Å². The molecule has 0 N–H and O–H groups in total. The van der Waals surface area contributed by atoms with Crippen LogP contribution in [0, 0.1) is 0 Å². The zero-order valence-corrected chi connectivity index (χ0v) is 7.19. The average molecular weight is 205 g/mol. The molecular weight excluding hydrogens is 196 g/mol. The maximum absolute atomic E-state index is 5.48. The number of rotatable bonds is 0. The third kappa shape index (κ3) is 0.847. The highest BCUT2D eigenvalue weighted by Crippen LogP contribution is 2.40. The lowest BCUT2D eigenvalue weighted by Crippen LogP contribution is -2.26. The summed E-state index contributed by atoms with van der Waals surface area (Å²) in [6.07, 6.45) is 4.14. The van der Waals surface area contributed by atoms with Crippen LogP contribution in [-0.2, 0) is 9.47 Å². The van der Waals surface area contributed by atoms with Crippen LogP contribution in [0.1, 0.15) is 12.8 Å². The van der Waals surface area contributed by atoms with E-state index in [2.05, 4.69) is 22.0 Å². The second kappa shape index (κ2) is 2.32. The lowest BCUT2D eigenvalue weighted by Gasteiger charge is -2.21. The van der Waals surface area contributed by atoms with Crippen LogP contribution in [0.3, 0.4) is 0 Å². The topological polar surface area (TPSA) is 18.5 Å². The largest absolute Gasteiger partial charge is 0.343 e. The summed E-state index contributed by atoms with van der Waals surface area (Å²) in [5.74, 6) is -0.375. The molecule has 2 nitrogen and oxygen atoms in total. The van der Waals surface area contributed by atoms with Crippen LogP contribution < -0.4 is 0 Å². The lowest BCUT2D eigenvalue weighted by molar-refractivity contribution is -0.117. The van der Waals surface area contributed by atoms with Crippen molar-refractivity contribution in [2.24, 2.45) is 0 Å². The van der Waals surface area contributed by atoms with Crippen molar-refractivity contribution in [2.75, 3.05) is 13.2 Å². The summed E-state index contributed by atoms with van der Waals surface area (Å²) < 4.78 is 12.0. The summed E-state index contributed by atoms with van der Waals surface area (Å²) in [5.41, 5.74) is 0. The summed E-state index contributed by atoms with van der Waals surface area (Å²) in [7, 11) is 0. The van der Waals surface area contributed by atoms with Crippen molar-refractivity contribution in [1.82, 2.24) is 0 Å². The van der Waals surface area contributed by atoms with Crippen molar-refractivity contribution in [3.8, 4) is 0 Å². The second-order valence-corrected chi connectivity index (χ2v) is 3.39. The van der Waals surface area contributed by atoms with Crippen molar-refractivity contribution >= 4 is 15.9 Å². The Bertz CT molecular complexity index is 170. The van der Waals surface area contributed by atoms with Crippen molar-refractivity contribution in [3.63, 3.8) is 0 Å². The van der Waals surface area contributed by atoms with Crippen LogP contribution in [-0.4, -0.2) is 19.0 Å². The smallest absolute Gasteiger partial charge is 0.201 e. The monoisotopic (exact) mass is 204 g/mol. The molecule has 0 aromatic carbocycles. The van der Waals surface area contributed by atoms with Gasteiger partial charge in [0.2, 0.25) is 5.79 Å². The van der Waals surface area contributed by atoms with Gasteiger partial charge in [-0.2, -0.15) is 0 Å². The van der Waals surface area contributed by atoms with E-state index >= 15 is 0 Å². The molecule has 1 spiro atoms. The number of ether oxygens (including phenoxy) is 2. The van der Waals surface area contributed by atoms with Gasteiger partial charge in [0.05, 0.1) is 17.7 Å². The molecule has 0 aromatic rings. The molecule has 1 heterocycles. The predicted octanol–water partition coefficient (Wildman–Crippen LogP) is 1.80. The summed E-state index contributed by atoms with van der Waals surface area (Å²) in [4.78, 5) is 0. The minimum Gasteiger partial charge on any atom is -0.343 e. The van der Waals surface area contributed by atoms with Crippen LogP contribution in [0.2, 0.25) is 0 Å². The Kier molecular flexibility index (Phi) is 1.59. The molecule has 3 heteroatoms. The van der Waals surface area contributed by atoms with Gasteiger partial charge in [-0.1, -0.05) is 22.0 Å². The van der Waals surface area contributed by atoms with E-state index in [0.717, 1.165) is 30.5 Å². The van der Waals surface area contributed by atoms with E-state index in [1.54, 1.807) is 0 Å². The fourth-order valence-corrected chi connectivity index (χ4v) is 2.06. The molecule has 56 valence electrons. The number of halogens is 1. The van der Waals surface area contributed by atoms with Crippen LogP contribution in [0.5, 0.6) is 0 Å². The molecule has 2 aliphatic rings. The minimum absolute atomic E-state index is 0.375. The fraction of sp³-hybridized carbons (Fsp3) is 0.714. The van der Waals surface area contributed by atoms with E-state index in [4.69, 9.17) is 9.47 Å². The molecule has 1 aliphatic carbocycles. The van der Waals surface area contributed by atoms with Gasteiger partial charge in [0, 0.05) is 6.42 Å². The normalized spacial score (nSPS) is 29.5. The minimum atomic E-state index is -0.375. The zero-order chi connectivity index (χ0) is 7.03. The molecular formula is C7H9BrO2. The highest BCUT2D eigenvalue weighted by atomic mass is 79.9. The maximum Gasteiger partial charge on any atom is 0.201 e. The third-order valence-corrected chi connectivity index (χ3v) is 2.84. The lowest BCUT2D eigenvalue weighted by atomic mass is 10.2. The molecule has 10 heavy (non-hydrogen) atoms. The van der Waals surface area contributed by atoms with Gasteiger partial charge < -0.3 is 9.47 Å². The Hall–Kier alpha value is 0.140. The van der Waals surface area contributed by atoms with Crippen LogP contribution in [0.15, 0.2) is 10.6 Å². The Morgan fingerprint density at radius 2 is 2.10 bits per heavy atom. The molecule has 0 bridgehead atoms. The molecule has 0 radical (unpaired) electrons. The first kappa shape index (κ1) is 6.83. The Labute approximate surface area is 68.3 Å². The van der Waals surface area contributed by atoms with Gasteiger partial charge in [0.1, 0.15) is 0 Å². The van der Waals surface area contributed by atoms with Gasteiger partial charge in [-0.15, -0.1) is 0 Å². The van der Waals surface area contributed by atoms with Crippen LogP contribution >= 0.6 is 15.9 Å². The van der Waals surface area contributed by atoms with E-state index in [-0.39, 0.29) is 5.79 Å². The Balaban J connectivity index is 2.21. The quantitative estimate of drug-likeness (QED) is 0.600. The number of allylic oxidation sites excluding steroid dienone is 1. The van der Waals surface area contributed by atoms with Crippen molar-refractivity contribution in [2.45, 2.75) is 18.6 Å². The van der Waals surface area contributed by atoms with Crippen LogP contribution in [0.25, 0.3) is 0 Å². The molecule has 2 rings (SSSR count). The molecule has 1 saturated heterocycles. The summed E-state index contributed by atoms with van der Waals surface area (Å²) in [6.45, 7) is 1.45. The fourth-order valence-electron chi connectivity index (χ4n) is 1.40. The molecule has 1 fully saturated rings. The highest BCUT2D eigenvalue weighted by molar-refractivity contribution is 9.11. The number of hydrogen-bond acceptors (Lipinski definition) is 2. The van der Waals surface area contributed by atoms with E-state index in [9.17, 15) is 0 Å². The van der Waals surface area contributed by atoms with Gasteiger partial charge in [-0.05, 0) is 6.42 Å². The van der Waals surface area contributed by atoms with E-state index in [0.29, 0.717) is 0 Å². The van der Waals surface area contributed by atoms with Crippen molar-refractivity contribution in [1.29, 1.82) is 0 Å². The molecule has 0 saturated carbocycles. The average Bonchev–Trinajstić information content (AvgIpc) is 2.48. The first-order valence-corrected chi connectivity index (χ1v) is 4.27. The molecule has 0 amide bonds. The Morgan fingerprint density at radius 1 is 1.40 bits per heavy atom. The molecule has 1 aliphatic heterocycles. The van der Waals surface area contributed by atoms with Gasteiger partial charge in [-0.3, -0.25) is 0 Å². The van der Waals surface area contributed by atoms with Crippen LogP contribution in [0.4, 0.5) is 0 Å². The first-order valence-electron chi connectivity index (χ1n) is 3.48. The van der Waals surface area contributed by atoms with Crippen molar-refractivity contribution in [3.05, 3.63) is 10.6 Å². The van der Waals surface area contributed by atoms with Gasteiger partial charge in [-0.25, -0.2) is 0 Å². The molecule has 0 aromatic heterocycles. The second-order valence-electron chi connectivity index (χ2n) is 2.54. The Morgan fingerprint density at radius 3 is 2.60 bits per heavy atom. The van der Waals surface area contributed by atoms with E-state index in [1.165, 1.54) is 0 Å². The summed E-state index contributed by atoms with van der Waals surface area (Å²) in [5, 5.41) is 0. The van der Waals surface area contributed by atoms with Gasteiger partial charge in [0.25, 0.3) is 0 Å². The standard InChI is InChI=1S/C7H9BrO2/c8-6-2-1-3-7(6)9-4-5-10-7/h2H,1,3-5H2. The first-order chi connectivity index (χ1) is 4.83. The third-order valence-electron chi connectivity index (χ3n) is 1.91. The summed E-state index contributed by atoms with van der Waals surface area (Å²) >= 11 is 3.43.